The average Bonchev–Trinajstić information content (AvgIpc) is 3.18. The Hall–Kier alpha value is -2.88. The van der Waals surface area contributed by atoms with E-state index in [1.165, 1.54) is 0 Å². The molecule has 0 radical (unpaired) electrons. The van der Waals surface area contributed by atoms with Crippen LogP contribution in [0, 0.1) is 13.8 Å². The quantitative estimate of drug-likeness (QED) is 0.586. The van der Waals surface area contributed by atoms with Gasteiger partial charge in [0, 0.05) is 54.7 Å². The van der Waals surface area contributed by atoms with Crippen molar-refractivity contribution in [3.63, 3.8) is 0 Å². The summed E-state index contributed by atoms with van der Waals surface area (Å²) in [5, 5.41) is 4.23. The highest BCUT2D eigenvalue weighted by atomic mass is 35.5. The predicted molar refractivity (Wildman–Crippen MR) is 114 cm³/mol. The van der Waals surface area contributed by atoms with Gasteiger partial charge in [0.1, 0.15) is 0 Å². The van der Waals surface area contributed by atoms with Crippen LogP contribution in [-0.2, 0) is 17.4 Å². The molecule has 1 saturated heterocycles. The summed E-state index contributed by atoms with van der Waals surface area (Å²) in [4.78, 5) is 24.4. The molecule has 1 aromatic carbocycles. The fraction of sp³-hybridized carbons (Fsp3) is 0.429. The molecule has 2 aromatic heterocycles. The number of anilines is 1. The summed E-state index contributed by atoms with van der Waals surface area (Å²) in [5.74, 6) is -1.32. The fourth-order valence-corrected chi connectivity index (χ4v) is 4.15. The van der Waals surface area contributed by atoms with E-state index in [2.05, 4.69) is 20.0 Å². The Morgan fingerprint density at radius 2 is 1.84 bits per heavy atom. The van der Waals surface area contributed by atoms with Gasteiger partial charge in [-0.2, -0.15) is 18.2 Å². The number of halogens is 4. The van der Waals surface area contributed by atoms with Crippen LogP contribution < -0.4 is 4.90 Å². The number of piperazine rings is 1. The topological polar surface area (TPSA) is 66.6 Å². The van der Waals surface area contributed by atoms with E-state index >= 15 is 0 Å². The summed E-state index contributed by atoms with van der Waals surface area (Å²) in [6.45, 7) is 5.98. The normalized spacial score (nSPS) is 14.9. The molecule has 0 spiro atoms. The van der Waals surface area contributed by atoms with E-state index in [1.54, 1.807) is 13.8 Å². The van der Waals surface area contributed by atoms with Crippen molar-refractivity contribution >= 4 is 29.0 Å². The standard InChI is InChI=1S/C21H22ClF3N6O/c1-13-17(14(2)31-20(26-13)27-19(28-31)21(23,24)25)6-7-18(32)30-10-8-29(9-11-30)16-5-3-4-15(22)12-16/h3-5,12H,6-11H2,1-2H3. The van der Waals surface area contributed by atoms with E-state index in [0.29, 0.717) is 54.6 Å². The van der Waals surface area contributed by atoms with E-state index in [1.807, 2.05) is 29.2 Å². The van der Waals surface area contributed by atoms with Crippen LogP contribution in [0.4, 0.5) is 18.9 Å². The number of hydrogen-bond acceptors (Lipinski definition) is 5. The van der Waals surface area contributed by atoms with Gasteiger partial charge in [-0.1, -0.05) is 17.7 Å². The maximum absolute atomic E-state index is 12.9. The number of nitrogens with zero attached hydrogens (tertiary/aromatic N) is 6. The van der Waals surface area contributed by atoms with Crippen LogP contribution in [0.25, 0.3) is 5.78 Å². The zero-order valence-corrected chi connectivity index (χ0v) is 18.4. The largest absolute Gasteiger partial charge is 0.453 e. The molecule has 1 amide bonds. The zero-order valence-electron chi connectivity index (χ0n) is 17.7. The minimum atomic E-state index is -4.64. The van der Waals surface area contributed by atoms with Crippen molar-refractivity contribution in [1.82, 2.24) is 24.5 Å². The number of carbonyl (C=O) groups excluding carboxylic acids is 1. The Kier molecular flexibility index (Phi) is 5.98. The number of hydrogen-bond donors (Lipinski definition) is 0. The van der Waals surface area contributed by atoms with Crippen molar-refractivity contribution in [2.75, 3.05) is 31.1 Å². The SMILES string of the molecule is Cc1nc2nc(C(F)(F)F)nn2c(C)c1CCC(=O)N1CCN(c2cccc(Cl)c2)CC1. The Balaban J connectivity index is 1.41. The molecule has 170 valence electrons. The second-order valence-corrected chi connectivity index (χ2v) is 8.19. The lowest BCUT2D eigenvalue weighted by molar-refractivity contribution is -0.144. The van der Waals surface area contributed by atoms with Crippen molar-refractivity contribution in [3.8, 4) is 0 Å². The molecule has 4 rings (SSSR count). The predicted octanol–water partition coefficient (Wildman–Crippen LogP) is 3.69. The van der Waals surface area contributed by atoms with Crippen LogP contribution in [0.1, 0.15) is 29.2 Å². The Labute approximate surface area is 187 Å². The van der Waals surface area contributed by atoms with Gasteiger partial charge in [0.05, 0.1) is 0 Å². The van der Waals surface area contributed by atoms with Crippen molar-refractivity contribution in [1.29, 1.82) is 0 Å². The molecule has 1 aliphatic rings. The molecule has 0 unspecified atom stereocenters. The van der Waals surface area contributed by atoms with E-state index in [4.69, 9.17) is 11.6 Å². The van der Waals surface area contributed by atoms with Crippen molar-refractivity contribution in [3.05, 3.63) is 52.1 Å². The first-order valence-electron chi connectivity index (χ1n) is 10.2. The molecule has 3 aromatic rings. The first kappa shape index (κ1) is 22.3. The first-order chi connectivity index (χ1) is 15.1. The van der Waals surface area contributed by atoms with Gasteiger partial charge in [0.2, 0.25) is 5.91 Å². The summed E-state index contributed by atoms with van der Waals surface area (Å²) >= 11 is 6.07. The number of amides is 1. The van der Waals surface area contributed by atoms with Gasteiger partial charge in [0.25, 0.3) is 11.6 Å². The molecule has 0 atom stereocenters. The Bertz CT molecular complexity index is 1150. The molecule has 3 heterocycles. The average molecular weight is 467 g/mol. The molecular weight excluding hydrogens is 445 g/mol. The number of aryl methyl sites for hydroxylation is 2. The van der Waals surface area contributed by atoms with Crippen molar-refractivity contribution in [2.24, 2.45) is 0 Å². The van der Waals surface area contributed by atoms with Crippen LogP contribution in [0.2, 0.25) is 5.02 Å². The molecule has 32 heavy (non-hydrogen) atoms. The molecule has 0 bridgehead atoms. The van der Waals surface area contributed by atoms with Gasteiger partial charge < -0.3 is 9.80 Å². The number of rotatable bonds is 4. The lowest BCUT2D eigenvalue weighted by Crippen LogP contribution is -2.48. The smallest absolute Gasteiger partial charge is 0.368 e. The Morgan fingerprint density at radius 3 is 2.50 bits per heavy atom. The second kappa shape index (κ2) is 8.57. The molecular formula is C21H22ClF3N6O. The first-order valence-corrected chi connectivity index (χ1v) is 10.6. The minimum absolute atomic E-state index is 0.00390. The van der Waals surface area contributed by atoms with Crippen LogP contribution >= 0.6 is 11.6 Å². The lowest BCUT2D eigenvalue weighted by Gasteiger charge is -2.36. The fourth-order valence-electron chi connectivity index (χ4n) is 3.97. The van der Waals surface area contributed by atoms with E-state index in [0.717, 1.165) is 10.2 Å². The third-order valence-corrected chi connectivity index (χ3v) is 5.93. The zero-order chi connectivity index (χ0) is 23.0. The number of aromatic nitrogens is 4. The van der Waals surface area contributed by atoms with Gasteiger partial charge in [-0.05, 0) is 44.0 Å². The van der Waals surface area contributed by atoms with Gasteiger partial charge >= 0.3 is 6.18 Å². The third-order valence-electron chi connectivity index (χ3n) is 5.70. The summed E-state index contributed by atoms with van der Waals surface area (Å²) < 4.78 is 39.9. The maximum Gasteiger partial charge on any atom is 0.453 e. The van der Waals surface area contributed by atoms with Gasteiger partial charge in [-0.3, -0.25) is 4.79 Å². The summed E-state index contributed by atoms with van der Waals surface area (Å²) in [7, 11) is 0. The van der Waals surface area contributed by atoms with Crippen LogP contribution in [0.3, 0.4) is 0 Å². The monoisotopic (exact) mass is 466 g/mol. The lowest BCUT2D eigenvalue weighted by atomic mass is 10.1. The Morgan fingerprint density at radius 1 is 1.12 bits per heavy atom. The number of alkyl halides is 3. The van der Waals surface area contributed by atoms with Crippen LogP contribution in [-0.4, -0.2) is 56.6 Å². The van der Waals surface area contributed by atoms with Crippen LogP contribution in [0.15, 0.2) is 24.3 Å². The summed E-state index contributed by atoms with van der Waals surface area (Å²) in [6, 6.07) is 7.62. The van der Waals surface area contributed by atoms with Crippen molar-refractivity contribution in [2.45, 2.75) is 32.9 Å². The highest BCUT2D eigenvalue weighted by Gasteiger charge is 2.37. The third kappa shape index (κ3) is 4.50. The number of fused-ring (bicyclic) bond motifs is 1. The van der Waals surface area contributed by atoms with Gasteiger partial charge in [0.15, 0.2) is 0 Å². The minimum Gasteiger partial charge on any atom is -0.368 e. The second-order valence-electron chi connectivity index (χ2n) is 7.75. The van der Waals surface area contributed by atoms with E-state index in [9.17, 15) is 18.0 Å². The summed E-state index contributed by atoms with van der Waals surface area (Å²) in [5.41, 5.74) is 2.80. The summed E-state index contributed by atoms with van der Waals surface area (Å²) in [6.07, 6.45) is -4.03. The molecule has 11 heteroatoms. The molecule has 1 aliphatic heterocycles. The van der Waals surface area contributed by atoms with Gasteiger partial charge in [-0.25, -0.2) is 9.50 Å². The number of benzene rings is 1. The molecule has 7 nitrogen and oxygen atoms in total. The van der Waals surface area contributed by atoms with Crippen molar-refractivity contribution < 1.29 is 18.0 Å². The highest BCUT2D eigenvalue weighted by molar-refractivity contribution is 6.30. The van der Waals surface area contributed by atoms with E-state index in [-0.39, 0.29) is 18.1 Å². The van der Waals surface area contributed by atoms with Gasteiger partial charge in [-0.15, -0.1) is 5.10 Å². The van der Waals surface area contributed by atoms with E-state index < -0.39 is 12.0 Å². The molecule has 1 fully saturated rings. The maximum atomic E-state index is 12.9. The number of carbonyl (C=O) groups is 1. The molecule has 0 saturated carbocycles. The molecule has 0 N–H and O–H groups in total. The molecule has 0 aliphatic carbocycles. The van der Waals surface area contributed by atoms with Crippen LogP contribution in [0.5, 0.6) is 0 Å². The highest BCUT2D eigenvalue weighted by Crippen LogP contribution is 2.27.